The van der Waals surface area contributed by atoms with E-state index >= 15 is 0 Å². The largest absolute Gasteiger partial charge is 0.365 e. The van der Waals surface area contributed by atoms with Crippen LogP contribution in [0, 0.1) is 0 Å². The van der Waals surface area contributed by atoms with Crippen LogP contribution in [0.3, 0.4) is 0 Å². The second kappa shape index (κ2) is 4.89. The molecule has 0 atom stereocenters. The molecule has 104 valence electrons. The standard InChI is InChI=1S/C15H18N4O/c1-2-11(1)14-9-15(17-10-16-14)19-6-3-12(4-7-19)13-5-8-20-18-13/h5,8-12H,1-4,6-7H2. The fourth-order valence-corrected chi connectivity index (χ4v) is 2.97. The fourth-order valence-electron chi connectivity index (χ4n) is 2.97. The Bertz CT molecular complexity index is 571. The van der Waals surface area contributed by atoms with E-state index < -0.39 is 0 Å². The Balaban J connectivity index is 1.44. The van der Waals surface area contributed by atoms with Gasteiger partial charge in [-0.15, -0.1) is 0 Å². The van der Waals surface area contributed by atoms with Gasteiger partial charge in [-0.05, 0) is 25.7 Å². The van der Waals surface area contributed by atoms with Gasteiger partial charge in [0.15, 0.2) is 0 Å². The number of piperidine rings is 1. The molecule has 0 amide bonds. The number of rotatable bonds is 3. The van der Waals surface area contributed by atoms with Crippen LogP contribution in [0.15, 0.2) is 29.2 Å². The predicted octanol–water partition coefficient (Wildman–Crippen LogP) is 2.73. The highest BCUT2D eigenvalue weighted by Gasteiger charge is 2.27. The number of hydrogen-bond donors (Lipinski definition) is 0. The first-order valence-corrected chi connectivity index (χ1v) is 7.37. The highest BCUT2D eigenvalue weighted by Crippen LogP contribution is 2.39. The Morgan fingerprint density at radius 1 is 1.00 bits per heavy atom. The summed E-state index contributed by atoms with van der Waals surface area (Å²) in [5, 5.41) is 4.06. The molecule has 20 heavy (non-hydrogen) atoms. The van der Waals surface area contributed by atoms with Gasteiger partial charge in [-0.3, -0.25) is 0 Å². The molecular weight excluding hydrogens is 252 g/mol. The minimum Gasteiger partial charge on any atom is -0.365 e. The summed E-state index contributed by atoms with van der Waals surface area (Å²) in [4.78, 5) is 11.2. The molecule has 4 rings (SSSR count). The third kappa shape index (κ3) is 2.28. The Hall–Kier alpha value is -1.91. The molecule has 2 aromatic rings. The maximum Gasteiger partial charge on any atom is 0.132 e. The molecule has 0 unspecified atom stereocenters. The zero-order valence-corrected chi connectivity index (χ0v) is 11.4. The van der Waals surface area contributed by atoms with Crippen LogP contribution in [-0.2, 0) is 0 Å². The average Bonchev–Trinajstić information content (AvgIpc) is 3.23. The fraction of sp³-hybridized carbons (Fsp3) is 0.533. The molecular formula is C15H18N4O. The summed E-state index contributed by atoms with van der Waals surface area (Å²) in [6, 6.07) is 4.16. The molecule has 1 saturated heterocycles. The zero-order chi connectivity index (χ0) is 13.4. The van der Waals surface area contributed by atoms with E-state index in [0.29, 0.717) is 11.8 Å². The summed E-state index contributed by atoms with van der Waals surface area (Å²) >= 11 is 0. The Morgan fingerprint density at radius 3 is 2.50 bits per heavy atom. The molecule has 0 radical (unpaired) electrons. The summed E-state index contributed by atoms with van der Waals surface area (Å²) < 4.78 is 4.94. The van der Waals surface area contributed by atoms with E-state index in [1.54, 1.807) is 12.6 Å². The predicted molar refractivity (Wildman–Crippen MR) is 74.7 cm³/mol. The second-order valence-electron chi connectivity index (χ2n) is 5.76. The lowest BCUT2D eigenvalue weighted by Gasteiger charge is -2.32. The van der Waals surface area contributed by atoms with Gasteiger partial charge in [0.1, 0.15) is 18.4 Å². The number of anilines is 1. The Kier molecular flexibility index (Phi) is 2.90. The third-order valence-corrected chi connectivity index (χ3v) is 4.36. The first kappa shape index (κ1) is 11.9. The van der Waals surface area contributed by atoms with Crippen LogP contribution in [0.1, 0.15) is 48.9 Å². The van der Waals surface area contributed by atoms with Gasteiger partial charge in [0.05, 0.1) is 5.69 Å². The summed E-state index contributed by atoms with van der Waals surface area (Å²) in [6.45, 7) is 2.05. The minimum absolute atomic E-state index is 0.523. The van der Waals surface area contributed by atoms with Crippen molar-refractivity contribution in [3.63, 3.8) is 0 Å². The van der Waals surface area contributed by atoms with E-state index in [4.69, 9.17) is 4.52 Å². The molecule has 0 aromatic carbocycles. The molecule has 2 aliphatic rings. The molecule has 3 heterocycles. The van der Waals surface area contributed by atoms with E-state index in [0.717, 1.165) is 37.4 Å². The zero-order valence-electron chi connectivity index (χ0n) is 11.4. The van der Waals surface area contributed by atoms with Crippen molar-refractivity contribution in [1.29, 1.82) is 0 Å². The summed E-state index contributed by atoms with van der Waals surface area (Å²) in [6.07, 6.45) is 8.15. The molecule has 2 fully saturated rings. The van der Waals surface area contributed by atoms with Crippen molar-refractivity contribution in [3.8, 4) is 0 Å². The summed E-state index contributed by atoms with van der Waals surface area (Å²) in [5.41, 5.74) is 2.31. The van der Waals surface area contributed by atoms with Crippen LogP contribution in [0.5, 0.6) is 0 Å². The lowest BCUT2D eigenvalue weighted by atomic mass is 9.94. The van der Waals surface area contributed by atoms with Crippen molar-refractivity contribution in [2.45, 2.75) is 37.5 Å². The van der Waals surface area contributed by atoms with Crippen LogP contribution in [0.2, 0.25) is 0 Å². The highest BCUT2D eigenvalue weighted by molar-refractivity contribution is 5.41. The number of nitrogens with zero attached hydrogens (tertiary/aromatic N) is 4. The molecule has 1 saturated carbocycles. The molecule has 5 heteroatoms. The van der Waals surface area contributed by atoms with Crippen molar-refractivity contribution >= 4 is 5.82 Å². The average molecular weight is 270 g/mol. The number of hydrogen-bond acceptors (Lipinski definition) is 5. The second-order valence-corrected chi connectivity index (χ2v) is 5.76. The van der Waals surface area contributed by atoms with Crippen LogP contribution >= 0.6 is 0 Å². The van der Waals surface area contributed by atoms with Gasteiger partial charge in [-0.1, -0.05) is 5.16 Å². The molecule has 2 aromatic heterocycles. The summed E-state index contributed by atoms with van der Waals surface area (Å²) in [5.74, 6) is 2.29. The maximum atomic E-state index is 4.94. The third-order valence-electron chi connectivity index (χ3n) is 4.36. The molecule has 1 aliphatic heterocycles. The molecule has 5 nitrogen and oxygen atoms in total. The first-order valence-electron chi connectivity index (χ1n) is 7.37. The van der Waals surface area contributed by atoms with E-state index in [1.807, 2.05) is 6.07 Å². The smallest absolute Gasteiger partial charge is 0.132 e. The first-order chi connectivity index (χ1) is 9.90. The molecule has 0 bridgehead atoms. The van der Waals surface area contributed by atoms with E-state index in [-0.39, 0.29) is 0 Å². The minimum atomic E-state index is 0.523. The van der Waals surface area contributed by atoms with Crippen LogP contribution in [-0.4, -0.2) is 28.2 Å². The van der Waals surface area contributed by atoms with Crippen molar-refractivity contribution in [3.05, 3.63) is 36.1 Å². The van der Waals surface area contributed by atoms with E-state index in [1.165, 1.54) is 18.5 Å². The topological polar surface area (TPSA) is 55.1 Å². The van der Waals surface area contributed by atoms with Crippen molar-refractivity contribution in [1.82, 2.24) is 15.1 Å². The van der Waals surface area contributed by atoms with Crippen molar-refractivity contribution < 1.29 is 4.52 Å². The van der Waals surface area contributed by atoms with Gasteiger partial charge in [0.25, 0.3) is 0 Å². The lowest BCUT2D eigenvalue weighted by Crippen LogP contribution is -2.33. The number of aromatic nitrogens is 3. The van der Waals surface area contributed by atoms with Gasteiger partial charge in [0, 0.05) is 42.8 Å². The van der Waals surface area contributed by atoms with Gasteiger partial charge in [-0.25, -0.2) is 9.97 Å². The van der Waals surface area contributed by atoms with Gasteiger partial charge >= 0.3 is 0 Å². The van der Waals surface area contributed by atoms with Crippen LogP contribution in [0.25, 0.3) is 0 Å². The lowest BCUT2D eigenvalue weighted by molar-refractivity contribution is 0.392. The quantitative estimate of drug-likeness (QED) is 0.858. The van der Waals surface area contributed by atoms with Crippen molar-refractivity contribution in [2.24, 2.45) is 0 Å². The maximum absolute atomic E-state index is 4.94. The van der Waals surface area contributed by atoms with Gasteiger partial charge in [-0.2, -0.15) is 0 Å². The molecule has 1 aliphatic carbocycles. The van der Waals surface area contributed by atoms with Crippen molar-refractivity contribution in [2.75, 3.05) is 18.0 Å². The monoisotopic (exact) mass is 270 g/mol. The SMILES string of the molecule is c1nc(C2CC2)cc(N2CCC(c3ccon3)CC2)n1. The Morgan fingerprint density at radius 2 is 1.80 bits per heavy atom. The Labute approximate surface area is 118 Å². The highest BCUT2D eigenvalue weighted by atomic mass is 16.5. The normalized spacial score (nSPS) is 20.3. The van der Waals surface area contributed by atoms with E-state index in [2.05, 4.69) is 26.1 Å². The van der Waals surface area contributed by atoms with Crippen LogP contribution in [0.4, 0.5) is 5.82 Å². The molecule has 0 spiro atoms. The van der Waals surface area contributed by atoms with Crippen LogP contribution < -0.4 is 4.90 Å². The van der Waals surface area contributed by atoms with Gasteiger partial charge in [0.2, 0.25) is 0 Å². The van der Waals surface area contributed by atoms with E-state index in [9.17, 15) is 0 Å². The van der Waals surface area contributed by atoms with Gasteiger partial charge < -0.3 is 9.42 Å². The summed E-state index contributed by atoms with van der Waals surface area (Å²) in [7, 11) is 0. The molecule has 0 N–H and O–H groups in total.